The van der Waals surface area contributed by atoms with Crippen LogP contribution in [0.15, 0.2) is 6.20 Å². The molecule has 2 N–H and O–H groups in total. The molecule has 0 aliphatic carbocycles. The lowest BCUT2D eigenvalue weighted by atomic mass is 9.88. The Morgan fingerprint density at radius 3 is 2.81 bits per heavy atom. The Labute approximate surface area is 102 Å². The third-order valence-corrected chi connectivity index (χ3v) is 3.50. The van der Waals surface area contributed by atoms with Crippen molar-refractivity contribution in [2.45, 2.75) is 40.2 Å². The van der Waals surface area contributed by atoms with E-state index in [4.69, 9.17) is 5.11 Å². The maximum absolute atomic E-state index is 8.81. The molecule has 4 heteroatoms. The predicted octanol–water partition coefficient (Wildman–Crippen LogP) is 2.34. The number of nitrogens with zero attached hydrogens (tertiary/aromatic N) is 1. The number of aryl methyl sites for hydroxylation is 1. The van der Waals surface area contributed by atoms with Crippen molar-refractivity contribution in [3.05, 3.63) is 16.1 Å². The first-order valence-corrected chi connectivity index (χ1v) is 6.58. The fourth-order valence-electron chi connectivity index (χ4n) is 1.66. The molecule has 0 aliphatic rings. The fourth-order valence-corrected chi connectivity index (χ4v) is 2.42. The van der Waals surface area contributed by atoms with E-state index in [9.17, 15) is 0 Å². The Morgan fingerprint density at radius 2 is 2.25 bits per heavy atom. The molecule has 1 heterocycles. The molecule has 1 aromatic heterocycles. The molecule has 16 heavy (non-hydrogen) atoms. The third-order valence-electron chi connectivity index (χ3n) is 2.58. The molecule has 3 nitrogen and oxygen atoms in total. The Hall–Kier alpha value is -0.450. The molecule has 0 aromatic carbocycles. The quantitative estimate of drug-likeness (QED) is 0.771. The average molecular weight is 242 g/mol. The number of aromatic nitrogens is 1. The van der Waals surface area contributed by atoms with Gasteiger partial charge in [-0.2, -0.15) is 0 Å². The van der Waals surface area contributed by atoms with Crippen LogP contribution in [0.3, 0.4) is 0 Å². The normalized spacial score (nSPS) is 12.0. The molecule has 0 spiro atoms. The van der Waals surface area contributed by atoms with E-state index in [0.717, 1.165) is 30.9 Å². The zero-order valence-corrected chi connectivity index (χ0v) is 11.2. The topological polar surface area (TPSA) is 45.2 Å². The molecule has 0 atom stereocenters. The smallest absolute Gasteiger partial charge is 0.0897 e. The minimum Gasteiger partial charge on any atom is -0.396 e. The van der Waals surface area contributed by atoms with E-state index in [1.54, 1.807) is 11.3 Å². The lowest BCUT2D eigenvalue weighted by molar-refractivity contribution is 0.236. The first-order valence-electron chi connectivity index (χ1n) is 5.76. The Balaban J connectivity index is 2.24. The summed E-state index contributed by atoms with van der Waals surface area (Å²) in [6.45, 7) is 8.65. The summed E-state index contributed by atoms with van der Waals surface area (Å²) in [5, 5.41) is 13.4. The second kappa shape index (κ2) is 6.33. The van der Waals surface area contributed by atoms with E-state index in [1.807, 2.05) is 13.1 Å². The van der Waals surface area contributed by atoms with E-state index in [1.165, 1.54) is 4.88 Å². The van der Waals surface area contributed by atoms with Crippen molar-refractivity contribution < 1.29 is 5.11 Å². The Morgan fingerprint density at radius 1 is 1.50 bits per heavy atom. The van der Waals surface area contributed by atoms with Gasteiger partial charge in [0.1, 0.15) is 0 Å². The average Bonchev–Trinajstić information content (AvgIpc) is 2.61. The summed E-state index contributed by atoms with van der Waals surface area (Å²) in [7, 11) is 0. The van der Waals surface area contributed by atoms with Gasteiger partial charge in [-0.25, -0.2) is 4.98 Å². The van der Waals surface area contributed by atoms with Crippen LogP contribution in [0.1, 0.15) is 36.6 Å². The molecule has 0 bridgehead atoms. The molecule has 0 fully saturated rings. The highest BCUT2D eigenvalue weighted by Crippen LogP contribution is 2.21. The van der Waals surface area contributed by atoms with Gasteiger partial charge >= 0.3 is 0 Å². The van der Waals surface area contributed by atoms with Gasteiger partial charge < -0.3 is 10.4 Å². The molecule has 0 saturated carbocycles. The minimum absolute atomic E-state index is 0.252. The van der Waals surface area contributed by atoms with Crippen LogP contribution in [0.25, 0.3) is 0 Å². The second-order valence-corrected chi connectivity index (χ2v) is 6.26. The van der Waals surface area contributed by atoms with E-state index >= 15 is 0 Å². The van der Waals surface area contributed by atoms with Gasteiger partial charge in [0.25, 0.3) is 0 Å². The molecule has 0 amide bonds. The maximum Gasteiger partial charge on any atom is 0.0897 e. The van der Waals surface area contributed by atoms with E-state index in [2.05, 4.69) is 24.1 Å². The SMILES string of the molecule is Cc1ncc(CNCC(C)(C)CCCO)s1. The standard InChI is InChI=1S/C12H22N2OS/c1-10-14-8-11(16-10)7-13-9-12(2,3)5-4-6-15/h8,13,15H,4-7,9H2,1-3H3. The van der Waals surface area contributed by atoms with Crippen molar-refractivity contribution in [1.82, 2.24) is 10.3 Å². The summed E-state index contributed by atoms with van der Waals surface area (Å²) in [5.41, 5.74) is 0.252. The minimum atomic E-state index is 0.252. The van der Waals surface area contributed by atoms with Crippen LogP contribution in [-0.2, 0) is 6.54 Å². The van der Waals surface area contributed by atoms with E-state index < -0.39 is 0 Å². The predicted molar refractivity (Wildman–Crippen MR) is 68.7 cm³/mol. The van der Waals surface area contributed by atoms with Crippen molar-refractivity contribution >= 4 is 11.3 Å². The van der Waals surface area contributed by atoms with Gasteiger partial charge in [-0.3, -0.25) is 0 Å². The summed E-state index contributed by atoms with van der Waals surface area (Å²) >= 11 is 1.74. The zero-order chi connectivity index (χ0) is 12.0. The molecule has 92 valence electrons. The molecule has 1 aromatic rings. The van der Waals surface area contributed by atoms with Crippen LogP contribution in [0.4, 0.5) is 0 Å². The van der Waals surface area contributed by atoms with Crippen molar-refractivity contribution in [3.63, 3.8) is 0 Å². The van der Waals surface area contributed by atoms with Crippen molar-refractivity contribution in [3.8, 4) is 0 Å². The first kappa shape index (κ1) is 13.6. The monoisotopic (exact) mass is 242 g/mol. The van der Waals surface area contributed by atoms with Crippen molar-refractivity contribution in [2.75, 3.05) is 13.2 Å². The Bertz CT molecular complexity index is 310. The zero-order valence-electron chi connectivity index (χ0n) is 10.4. The maximum atomic E-state index is 8.81. The highest BCUT2D eigenvalue weighted by atomic mass is 32.1. The van der Waals surface area contributed by atoms with Gasteiger partial charge in [0, 0.05) is 30.8 Å². The van der Waals surface area contributed by atoms with Crippen LogP contribution >= 0.6 is 11.3 Å². The summed E-state index contributed by atoms with van der Waals surface area (Å²) in [4.78, 5) is 5.51. The number of rotatable bonds is 7. The lowest BCUT2D eigenvalue weighted by Crippen LogP contribution is -2.29. The Kier molecular flexibility index (Phi) is 5.38. The summed E-state index contributed by atoms with van der Waals surface area (Å²) in [6, 6.07) is 0. The van der Waals surface area contributed by atoms with Crippen LogP contribution in [0.5, 0.6) is 0 Å². The van der Waals surface area contributed by atoms with Crippen LogP contribution in [0, 0.1) is 12.3 Å². The lowest BCUT2D eigenvalue weighted by Gasteiger charge is -2.24. The van der Waals surface area contributed by atoms with E-state index in [0.29, 0.717) is 0 Å². The van der Waals surface area contributed by atoms with Gasteiger partial charge in [0.05, 0.1) is 5.01 Å². The van der Waals surface area contributed by atoms with Gasteiger partial charge in [-0.05, 0) is 25.2 Å². The molecule has 0 unspecified atom stereocenters. The van der Waals surface area contributed by atoms with Gasteiger partial charge in [0.2, 0.25) is 0 Å². The van der Waals surface area contributed by atoms with Crippen molar-refractivity contribution in [1.29, 1.82) is 0 Å². The van der Waals surface area contributed by atoms with Crippen LogP contribution < -0.4 is 5.32 Å². The molecule has 0 radical (unpaired) electrons. The highest BCUT2D eigenvalue weighted by molar-refractivity contribution is 7.11. The summed E-state index contributed by atoms with van der Waals surface area (Å²) < 4.78 is 0. The molecular weight excluding hydrogens is 220 g/mol. The molecular formula is C12H22N2OS. The van der Waals surface area contributed by atoms with Crippen molar-refractivity contribution in [2.24, 2.45) is 5.41 Å². The first-order chi connectivity index (χ1) is 7.53. The third kappa shape index (κ3) is 5.05. The second-order valence-electron chi connectivity index (χ2n) is 4.94. The highest BCUT2D eigenvalue weighted by Gasteiger charge is 2.16. The molecule has 0 saturated heterocycles. The number of nitrogens with one attached hydrogen (secondary N) is 1. The van der Waals surface area contributed by atoms with Gasteiger partial charge in [-0.1, -0.05) is 13.8 Å². The molecule has 0 aliphatic heterocycles. The number of thiazole rings is 1. The van der Waals surface area contributed by atoms with E-state index in [-0.39, 0.29) is 12.0 Å². The van der Waals surface area contributed by atoms with Gasteiger partial charge in [0.15, 0.2) is 0 Å². The summed E-state index contributed by atoms with van der Waals surface area (Å²) in [6.07, 6.45) is 3.88. The number of hydrogen-bond acceptors (Lipinski definition) is 4. The largest absolute Gasteiger partial charge is 0.396 e. The fraction of sp³-hybridized carbons (Fsp3) is 0.750. The number of hydrogen-bond donors (Lipinski definition) is 2. The summed E-state index contributed by atoms with van der Waals surface area (Å²) in [5.74, 6) is 0. The molecule has 1 rings (SSSR count). The van der Waals surface area contributed by atoms with Gasteiger partial charge in [-0.15, -0.1) is 11.3 Å². The van der Waals surface area contributed by atoms with Crippen LogP contribution in [-0.4, -0.2) is 23.2 Å². The number of aliphatic hydroxyl groups is 1. The van der Waals surface area contributed by atoms with Crippen LogP contribution in [0.2, 0.25) is 0 Å². The number of aliphatic hydroxyl groups excluding tert-OH is 1.